The quantitative estimate of drug-likeness (QED) is 0.729. The van der Waals surface area contributed by atoms with E-state index >= 15 is 0 Å². The largest absolute Gasteiger partial charge is 0.494 e. The second-order valence-electron chi connectivity index (χ2n) is 7.93. The maximum Gasteiger partial charge on any atom is 0.176 e. The monoisotopic (exact) mass is 361 g/mol. The van der Waals surface area contributed by atoms with Crippen LogP contribution >= 0.6 is 0 Å². The lowest BCUT2D eigenvalue weighted by Crippen LogP contribution is -2.62. The van der Waals surface area contributed by atoms with Gasteiger partial charge in [0.2, 0.25) is 0 Å². The highest BCUT2D eigenvalue weighted by atomic mass is 19.1. The molecule has 6 heteroatoms. The number of hydrogen-bond acceptors (Lipinski definition) is 4. The molecule has 2 atom stereocenters. The SMILES string of the molecule is CCN1CCCC1C[N+]1(C2CC2)CN=CN(c2ccc(OC)c(F)c2)C1. The lowest BCUT2D eigenvalue weighted by molar-refractivity contribution is -0.939. The molecule has 142 valence electrons. The van der Waals surface area contributed by atoms with Crippen LogP contribution in [0.15, 0.2) is 23.2 Å². The minimum atomic E-state index is -0.318. The number of ether oxygens (including phenoxy) is 1. The third-order valence-corrected chi connectivity index (χ3v) is 6.29. The van der Waals surface area contributed by atoms with E-state index in [1.165, 1.54) is 39.3 Å². The van der Waals surface area contributed by atoms with Gasteiger partial charge in [0.05, 0.1) is 37.8 Å². The standard InChI is InChI=1S/C20H30FN4O/c1-3-23-10-4-5-17(23)12-25(18-7-8-18)14-22-13-24(15-25)16-6-9-20(26-2)19(21)11-16/h6,9,11,13,17-18H,3-5,7-8,10,12,14-15H2,1-2H3/q+1. The first kappa shape index (κ1) is 17.7. The van der Waals surface area contributed by atoms with Crippen LogP contribution in [0.25, 0.3) is 0 Å². The average molecular weight is 361 g/mol. The first-order chi connectivity index (χ1) is 12.6. The molecular weight excluding hydrogens is 331 g/mol. The maximum atomic E-state index is 14.2. The highest BCUT2D eigenvalue weighted by molar-refractivity contribution is 5.79. The normalized spacial score (nSPS) is 29.3. The van der Waals surface area contributed by atoms with Gasteiger partial charge in [0, 0.05) is 18.9 Å². The summed E-state index contributed by atoms with van der Waals surface area (Å²) in [7, 11) is 1.50. The Morgan fingerprint density at radius 2 is 2.15 bits per heavy atom. The molecule has 0 amide bonds. The highest BCUT2D eigenvalue weighted by Crippen LogP contribution is 2.38. The fourth-order valence-corrected chi connectivity index (χ4v) is 4.72. The Balaban J connectivity index is 1.55. The van der Waals surface area contributed by atoms with Gasteiger partial charge in [0.25, 0.3) is 0 Å². The number of halogens is 1. The summed E-state index contributed by atoms with van der Waals surface area (Å²) in [4.78, 5) is 9.46. The molecule has 1 saturated carbocycles. The molecule has 2 aliphatic heterocycles. The van der Waals surface area contributed by atoms with Gasteiger partial charge in [-0.05, 0) is 38.1 Å². The van der Waals surface area contributed by atoms with Crippen molar-refractivity contribution in [2.45, 2.75) is 44.7 Å². The Kier molecular flexibility index (Phi) is 4.88. The molecule has 0 spiro atoms. The van der Waals surface area contributed by atoms with Crippen LogP contribution < -0.4 is 9.64 Å². The molecule has 1 aromatic carbocycles. The van der Waals surface area contributed by atoms with Crippen LogP contribution in [-0.4, -0.2) is 67.9 Å². The lowest BCUT2D eigenvalue weighted by atomic mass is 10.1. The summed E-state index contributed by atoms with van der Waals surface area (Å²) >= 11 is 0. The van der Waals surface area contributed by atoms with Crippen LogP contribution in [-0.2, 0) is 0 Å². The molecule has 2 fully saturated rings. The molecule has 26 heavy (non-hydrogen) atoms. The van der Waals surface area contributed by atoms with Gasteiger partial charge in [-0.1, -0.05) is 6.92 Å². The number of hydrogen-bond donors (Lipinski definition) is 0. The number of nitrogens with zero attached hydrogens (tertiary/aromatic N) is 4. The number of likely N-dealkylation sites (N-methyl/N-ethyl adjacent to an activating group) is 1. The minimum absolute atomic E-state index is 0.287. The van der Waals surface area contributed by atoms with Gasteiger partial charge in [0.1, 0.15) is 0 Å². The fraction of sp³-hybridized carbons (Fsp3) is 0.650. The summed E-state index contributed by atoms with van der Waals surface area (Å²) in [5.41, 5.74) is 0.855. The zero-order valence-electron chi connectivity index (χ0n) is 15.9. The van der Waals surface area contributed by atoms with Crippen molar-refractivity contribution in [3.63, 3.8) is 0 Å². The van der Waals surface area contributed by atoms with Crippen molar-refractivity contribution in [3.05, 3.63) is 24.0 Å². The summed E-state index contributed by atoms with van der Waals surface area (Å²) in [6, 6.07) is 6.55. The number of anilines is 1. The number of rotatable bonds is 6. The molecule has 0 N–H and O–H groups in total. The van der Waals surface area contributed by atoms with Crippen LogP contribution in [0.5, 0.6) is 5.75 Å². The Labute approximate surface area is 155 Å². The first-order valence-corrected chi connectivity index (χ1v) is 9.85. The van der Waals surface area contributed by atoms with E-state index in [1.54, 1.807) is 12.1 Å². The topological polar surface area (TPSA) is 28.1 Å². The van der Waals surface area contributed by atoms with E-state index in [4.69, 9.17) is 9.73 Å². The molecule has 2 unspecified atom stereocenters. The van der Waals surface area contributed by atoms with Crippen molar-refractivity contribution in [1.29, 1.82) is 0 Å². The average Bonchev–Trinajstić information content (AvgIpc) is 3.43. The lowest BCUT2D eigenvalue weighted by Gasteiger charge is -2.45. The van der Waals surface area contributed by atoms with E-state index in [9.17, 15) is 4.39 Å². The Morgan fingerprint density at radius 3 is 2.85 bits per heavy atom. The molecule has 0 bridgehead atoms. The Bertz CT molecular complexity index is 678. The highest BCUT2D eigenvalue weighted by Gasteiger charge is 2.49. The maximum absolute atomic E-state index is 14.2. The molecular formula is C20H30FN4O+. The zero-order chi connectivity index (χ0) is 18.1. The zero-order valence-corrected chi connectivity index (χ0v) is 15.9. The van der Waals surface area contributed by atoms with Gasteiger partial charge in [-0.2, -0.15) is 0 Å². The van der Waals surface area contributed by atoms with Gasteiger partial charge in [0.15, 0.2) is 24.9 Å². The molecule has 1 aliphatic carbocycles. The molecule has 3 aliphatic rings. The third-order valence-electron chi connectivity index (χ3n) is 6.29. The fourth-order valence-electron chi connectivity index (χ4n) is 4.72. The summed E-state index contributed by atoms with van der Waals surface area (Å²) in [6.07, 6.45) is 7.06. The van der Waals surface area contributed by atoms with E-state index in [2.05, 4.69) is 16.7 Å². The summed E-state index contributed by atoms with van der Waals surface area (Å²) < 4.78 is 20.3. The third kappa shape index (κ3) is 3.32. The van der Waals surface area contributed by atoms with E-state index < -0.39 is 0 Å². The summed E-state index contributed by atoms with van der Waals surface area (Å²) in [5, 5.41) is 0. The second kappa shape index (κ2) is 7.16. The van der Waals surface area contributed by atoms with Crippen molar-refractivity contribution in [2.75, 3.05) is 45.0 Å². The molecule has 5 nitrogen and oxygen atoms in total. The van der Waals surface area contributed by atoms with E-state index in [1.807, 2.05) is 12.4 Å². The number of quaternary nitrogens is 1. The van der Waals surface area contributed by atoms with Crippen LogP contribution in [0.2, 0.25) is 0 Å². The first-order valence-electron chi connectivity index (χ1n) is 9.85. The number of likely N-dealkylation sites (tertiary alicyclic amines) is 1. The predicted molar refractivity (Wildman–Crippen MR) is 102 cm³/mol. The van der Waals surface area contributed by atoms with E-state index in [0.717, 1.165) is 36.6 Å². The van der Waals surface area contributed by atoms with Gasteiger partial charge >= 0.3 is 0 Å². The van der Waals surface area contributed by atoms with Crippen molar-refractivity contribution in [1.82, 2.24) is 4.90 Å². The molecule has 0 radical (unpaired) electrons. The van der Waals surface area contributed by atoms with Gasteiger partial charge in [-0.25, -0.2) is 9.38 Å². The predicted octanol–water partition coefficient (Wildman–Crippen LogP) is 3.06. The van der Waals surface area contributed by atoms with Crippen LogP contribution in [0.1, 0.15) is 32.6 Å². The Morgan fingerprint density at radius 1 is 1.31 bits per heavy atom. The number of methoxy groups -OCH3 is 1. The van der Waals surface area contributed by atoms with E-state index in [0.29, 0.717) is 12.1 Å². The van der Waals surface area contributed by atoms with Crippen LogP contribution in [0.4, 0.5) is 10.1 Å². The minimum Gasteiger partial charge on any atom is -0.494 e. The van der Waals surface area contributed by atoms with Crippen LogP contribution in [0, 0.1) is 5.82 Å². The van der Waals surface area contributed by atoms with Crippen molar-refractivity contribution in [2.24, 2.45) is 4.99 Å². The second-order valence-corrected chi connectivity index (χ2v) is 7.93. The van der Waals surface area contributed by atoms with Gasteiger partial charge in [-0.15, -0.1) is 0 Å². The molecule has 1 aromatic rings. The van der Waals surface area contributed by atoms with Crippen molar-refractivity contribution in [3.8, 4) is 5.75 Å². The number of aliphatic imine (C=N–C) groups is 1. The van der Waals surface area contributed by atoms with Crippen molar-refractivity contribution < 1.29 is 13.6 Å². The molecule has 1 saturated heterocycles. The van der Waals surface area contributed by atoms with E-state index in [-0.39, 0.29) is 11.6 Å². The molecule has 2 heterocycles. The van der Waals surface area contributed by atoms with Crippen molar-refractivity contribution >= 4 is 12.0 Å². The van der Waals surface area contributed by atoms with Gasteiger partial charge in [-0.3, -0.25) is 14.3 Å². The Hall–Kier alpha value is -1.66. The van der Waals surface area contributed by atoms with Gasteiger partial charge < -0.3 is 4.74 Å². The summed E-state index contributed by atoms with van der Waals surface area (Å²) in [5.74, 6) is -0.0309. The molecule has 4 rings (SSSR count). The molecule has 0 aromatic heterocycles. The summed E-state index contributed by atoms with van der Waals surface area (Å²) in [6.45, 7) is 7.52. The number of benzene rings is 1. The van der Waals surface area contributed by atoms with Crippen LogP contribution in [0.3, 0.4) is 0 Å². The smallest absolute Gasteiger partial charge is 0.176 e.